The van der Waals surface area contributed by atoms with E-state index in [-0.39, 0.29) is 77.0 Å². The summed E-state index contributed by atoms with van der Waals surface area (Å²) in [6.07, 6.45) is -0.0377. The zero-order valence-electron chi connectivity index (χ0n) is 31.1. The van der Waals surface area contributed by atoms with E-state index in [1.54, 1.807) is 13.0 Å². The number of rotatable bonds is 20. The molecule has 0 aromatic rings. The van der Waals surface area contributed by atoms with Crippen LogP contribution in [0.3, 0.4) is 0 Å². The number of carbonyl (C=O) groups is 5. The van der Waals surface area contributed by atoms with Crippen molar-refractivity contribution in [1.29, 1.82) is 0 Å². The quantitative estimate of drug-likeness (QED) is 0.0447. The second kappa shape index (κ2) is 18.0. The zero-order chi connectivity index (χ0) is 41.5. The molecule has 0 bridgehead atoms. The molecular formula is C35H48FN3O17. The number of amides is 1. The molecular weight excluding hydrogens is 753 g/mol. The summed E-state index contributed by atoms with van der Waals surface area (Å²) in [6, 6.07) is -1.58. The van der Waals surface area contributed by atoms with Crippen LogP contribution < -0.4 is 5.32 Å². The van der Waals surface area contributed by atoms with Crippen LogP contribution in [0.5, 0.6) is 0 Å². The number of ketones is 2. The van der Waals surface area contributed by atoms with Gasteiger partial charge in [-0.05, 0) is 63.9 Å². The van der Waals surface area contributed by atoms with Gasteiger partial charge in [0.15, 0.2) is 29.7 Å². The number of allylic oxidation sites excluding steroid dienone is 4. The highest BCUT2D eigenvalue weighted by Gasteiger charge is 2.76. The fourth-order valence-electron chi connectivity index (χ4n) is 8.82. The first-order chi connectivity index (χ1) is 26.3. The van der Waals surface area contributed by atoms with Crippen molar-refractivity contribution in [3.63, 3.8) is 0 Å². The number of nitrogens with zero attached hydrogens (tertiary/aromatic N) is 2. The Morgan fingerprint density at radius 1 is 0.946 bits per heavy atom. The van der Waals surface area contributed by atoms with E-state index in [1.807, 2.05) is 0 Å². The van der Waals surface area contributed by atoms with Crippen LogP contribution >= 0.6 is 0 Å². The molecule has 20 nitrogen and oxygen atoms in total. The molecule has 1 amide bonds. The number of nitrogens with one attached hydrogen (secondary N) is 1. The van der Waals surface area contributed by atoms with Gasteiger partial charge in [0.2, 0.25) is 11.7 Å². The molecule has 9 atom stereocenters. The molecule has 0 radical (unpaired) electrons. The van der Waals surface area contributed by atoms with Crippen molar-refractivity contribution in [3.05, 3.63) is 44.0 Å². The molecule has 4 N–H and O–H groups in total. The van der Waals surface area contributed by atoms with Crippen molar-refractivity contribution in [2.24, 2.45) is 22.7 Å². The highest BCUT2D eigenvalue weighted by Crippen LogP contribution is 2.69. The third kappa shape index (κ3) is 8.94. The van der Waals surface area contributed by atoms with Crippen LogP contribution in [0.1, 0.15) is 78.1 Å². The normalized spacial score (nSPS) is 32.0. The van der Waals surface area contributed by atoms with Gasteiger partial charge in [-0.25, -0.2) is 14.0 Å². The van der Waals surface area contributed by atoms with Crippen molar-refractivity contribution in [2.45, 2.75) is 108 Å². The van der Waals surface area contributed by atoms with Gasteiger partial charge in [0.25, 0.3) is 10.2 Å². The molecule has 56 heavy (non-hydrogen) atoms. The number of fused-ring (bicyclic) bond motifs is 5. The van der Waals surface area contributed by atoms with Crippen LogP contribution in [-0.2, 0) is 43.1 Å². The van der Waals surface area contributed by atoms with E-state index in [0.29, 0.717) is 12.0 Å². The third-order valence-corrected chi connectivity index (χ3v) is 11.8. The maximum atomic E-state index is 17.4. The summed E-state index contributed by atoms with van der Waals surface area (Å²) in [7, 11) is 0. The molecule has 4 rings (SSSR count). The van der Waals surface area contributed by atoms with Gasteiger partial charge in [-0.3, -0.25) is 14.4 Å². The molecule has 0 spiro atoms. The molecule has 0 heterocycles. The van der Waals surface area contributed by atoms with Crippen LogP contribution in [0, 0.1) is 42.9 Å². The molecule has 1 unspecified atom stereocenters. The van der Waals surface area contributed by atoms with Crippen molar-refractivity contribution in [1.82, 2.24) is 5.32 Å². The second-order valence-corrected chi connectivity index (χ2v) is 15.0. The minimum Gasteiger partial charge on any atom is -0.464 e. The van der Waals surface area contributed by atoms with Crippen LogP contribution in [0.25, 0.3) is 0 Å². The number of ether oxygens (including phenoxy) is 3. The number of alkyl halides is 1. The second-order valence-electron chi connectivity index (χ2n) is 15.0. The highest BCUT2D eigenvalue weighted by molar-refractivity contribution is 5.94. The maximum Gasteiger partial charge on any atom is 0.508 e. The average Bonchev–Trinajstić information content (AvgIpc) is 3.33. The first kappa shape index (κ1) is 44.0. The number of halogens is 1. The molecule has 0 aromatic carbocycles. The summed E-state index contributed by atoms with van der Waals surface area (Å²) >= 11 is 0. The number of Topliss-reactive ketones (excluding diaryl/α,β-unsaturated/α-hetero) is 1. The Balaban J connectivity index is 1.36. The number of aliphatic hydroxyl groups is 3. The Morgan fingerprint density at radius 3 is 2.25 bits per heavy atom. The van der Waals surface area contributed by atoms with E-state index in [0.717, 1.165) is 0 Å². The number of carbonyl (C=O) groups excluding carboxylic acids is 5. The predicted molar refractivity (Wildman–Crippen MR) is 183 cm³/mol. The standard InChI is InChI=1S/C35H48FN3O17/c1-32-12-11-22(40)16-21(32)9-10-23-24-17-26(41)35(47,33(24,2)18-27(42)34(23,32)36)28(43)20-54-31(46)53-19-25(30(45)52-13-6-7-15-56-39(50)51)37-29(44)8-4-3-5-14-55-38(48)49/h9,11-12,23-27,41-42,47H,3-8,10,13-20H2,1-2H3,(H,37,44)/t23-,24-,25?,26+,27-,32-,33-,34-,35-/m0/s1. The van der Waals surface area contributed by atoms with E-state index in [9.17, 15) is 59.5 Å². The summed E-state index contributed by atoms with van der Waals surface area (Å²) < 4.78 is 32.4. The number of aliphatic hydroxyl groups excluding tert-OH is 2. The minimum absolute atomic E-state index is 0.0119. The van der Waals surface area contributed by atoms with Crippen LogP contribution in [0.4, 0.5) is 9.18 Å². The molecule has 4 aliphatic carbocycles. The Bertz CT molecular complexity index is 1610. The molecule has 21 heteroatoms. The first-order valence-electron chi connectivity index (χ1n) is 18.3. The molecule has 4 aliphatic rings. The van der Waals surface area contributed by atoms with Gasteiger partial charge >= 0.3 is 12.1 Å². The van der Waals surface area contributed by atoms with Crippen molar-refractivity contribution >= 4 is 29.6 Å². The monoisotopic (exact) mass is 801 g/mol. The summed E-state index contributed by atoms with van der Waals surface area (Å²) in [5.74, 6) is -4.86. The van der Waals surface area contributed by atoms with E-state index in [2.05, 4.69) is 15.0 Å². The van der Waals surface area contributed by atoms with Crippen LogP contribution in [0.2, 0.25) is 0 Å². The van der Waals surface area contributed by atoms with Crippen molar-refractivity contribution in [2.75, 3.05) is 33.0 Å². The number of hydrogen-bond acceptors (Lipinski definition) is 17. The molecule has 0 saturated heterocycles. The first-order valence-corrected chi connectivity index (χ1v) is 18.3. The minimum atomic E-state index is -2.59. The summed E-state index contributed by atoms with van der Waals surface area (Å²) in [5.41, 5.74) is -7.29. The number of esters is 1. The fraction of sp³-hybridized carbons (Fsp3) is 0.743. The molecule has 312 valence electrons. The average molecular weight is 802 g/mol. The van der Waals surface area contributed by atoms with Gasteiger partial charge in [-0.1, -0.05) is 31.1 Å². The van der Waals surface area contributed by atoms with Gasteiger partial charge in [-0.2, -0.15) is 0 Å². The topological polar surface area (TPSA) is 290 Å². The fourth-order valence-corrected chi connectivity index (χ4v) is 8.82. The number of hydrogen-bond donors (Lipinski definition) is 4. The SMILES string of the molecule is C[C@]12C=CC(=O)CC1=CC[C@H]1[C@@H]3C[C@@H](O)[C@](O)(C(=O)COC(=O)OCC(NC(=O)CCCCCO[N+](=O)[O-])C(=O)OCCCCO[N+](=O)[O-])[C@@]3(C)C[C@H](O)[C@@]12F. The summed E-state index contributed by atoms with van der Waals surface area (Å²) in [4.78, 5) is 92.7. The molecule has 2 saturated carbocycles. The van der Waals surface area contributed by atoms with Gasteiger partial charge in [0.1, 0.15) is 6.61 Å². The van der Waals surface area contributed by atoms with Gasteiger partial charge in [-0.15, -0.1) is 20.2 Å². The van der Waals surface area contributed by atoms with E-state index < -0.39 is 106 Å². The highest BCUT2D eigenvalue weighted by atomic mass is 19.1. The van der Waals surface area contributed by atoms with Gasteiger partial charge in [0, 0.05) is 29.6 Å². The summed E-state index contributed by atoms with van der Waals surface area (Å²) in [5, 5.41) is 55.5. The lowest BCUT2D eigenvalue weighted by atomic mass is 9.45. The lowest BCUT2D eigenvalue weighted by Crippen LogP contribution is -2.69. The van der Waals surface area contributed by atoms with Crippen molar-refractivity contribution < 1.29 is 77.7 Å². The van der Waals surface area contributed by atoms with E-state index in [1.165, 1.54) is 19.1 Å². The Labute approximate surface area is 319 Å². The van der Waals surface area contributed by atoms with E-state index in [4.69, 9.17) is 14.2 Å². The predicted octanol–water partition coefficient (Wildman–Crippen LogP) is 1.57. The smallest absolute Gasteiger partial charge is 0.464 e. The van der Waals surface area contributed by atoms with Gasteiger partial charge < -0.3 is 44.5 Å². The molecule has 0 aromatic heterocycles. The van der Waals surface area contributed by atoms with Crippen LogP contribution in [0.15, 0.2) is 23.8 Å². The Kier molecular flexibility index (Phi) is 14.1. The zero-order valence-corrected chi connectivity index (χ0v) is 31.1. The third-order valence-electron chi connectivity index (χ3n) is 11.8. The van der Waals surface area contributed by atoms with E-state index >= 15 is 4.39 Å². The van der Waals surface area contributed by atoms with Gasteiger partial charge in [0.05, 0.1) is 32.0 Å². The maximum absolute atomic E-state index is 17.4. The Hall–Kier alpha value is -4.76. The Morgan fingerprint density at radius 2 is 1.59 bits per heavy atom. The number of unbranched alkanes of at least 4 members (excludes halogenated alkanes) is 3. The lowest BCUT2D eigenvalue weighted by Gasteiger charge is -2.61. The van der Waals surface area contributed by atoms with Crippen molar-refractivity contribution in [3.8, 4) is 0 Å². The summed E-state index contributed by atoms with van der Waals surface area (Å²) in [6.45, 7) is 0.413. The van der Waals surface area contributed by atoms with Crippen LogP contribution in [-0.4, -0.2) is 118 Å². The lowest BCUT2D eigenvalue weighted by molar-refractivity contribution is -0.757. The molecule has 0 aliphatic heterocycles. The molecule has 2 fully saturated rings. The largest absolute Gasteiger partial charge is 0.508 e.